The minimum atomic E-state index is -0.152. The lowest BCUT2D eigenvalue weighted by atomic mass is 9.96. The maximum Gasteiger partial charge on any atom is 0.130 e. The Bertz CT molecular complexity index is 323. The van der Waals surface area contributed by atoms with Gasteiger partial charge in [-0.15, -0.1) is 0 Å². The summed E-state index contributed by atoms with van der Waals surface area (Å²) in [6, 6.07) is 5.31. The van der Waals surface area contributed by atoms with Gasteiger partial charge in [-0.05, 0) is 24.8 Å². The molecule has 84 valence electrons. The molecular weight excluding hydrogens is 191 g/mol. The summed E-state index contributed by atoms with van der Waals surface area (Å²) in [5, 5.41) is 0. The number of hydrazine groups is 1. The van der Waals surface area contributed by atoms with Crippen LogP contribution in [0.15, 0.2) is 18.2 Å². The highest BCUT2D eigenvalue weighted by molar-refractivity contribution is 5.27. The van der Waals surface area contributed by atoms with Crippen molar-refractivity contribution in [3.63, 3.8) is 0 Å². The molecule has 0 amide bonds. The number of halogens is 1. The van der Waals surface area contributed by atoms with Crippen molar-refractivity contribution in [1.29, 1.82) is 0 Å². The molecule has 3 N–H and O–H groups in total. The average Bonchev–Trinajstić information content (AvgIpc) is 2.19. The second-order valence-electron chi connectivity index (χ2n) is 4.33. The van der Waals surface area contributed by atoms with Gasteiger partial charge in [0.1, 0.15) is 5.82 Å². The van der Waals surface area contributed by atoms with E-state index in [2.05, 4.69) is 19.3 Å². The zero-order valence-electron chi connectivity index (χ0n) is 9.55. The zero-order valence-corrected chi connectivity index (χ0v) is 9.55. The molecule has 15 heavy (non-hydrogen) atoms. The molecule has 0 fully saturated rings. The van der Waals surface area contributed by atoms with Crippen LogP contribution >= 0.6 is 0 Å². The quantitative estimate of drug-likeness (QED) is 0.592. The van der Waals surface area contributed by atoms with Crippen molar-refractivity contribution in [2.75, 3.05) is 0 Å². The van der Waals surface area contributed by atoms with Crippen molar-refractivity contribution in [2.24, 2.45) is 11.8 Å². The van der Waals surface area contributed by atoms with Crippen LogP contribution < -0.4 is 11.3 Å². The normalized spacial score (nSPS) is 13.2. The Balaban J connectivity index is 2.96. The number of aryl methyl sites for hydroxylation is 1. The van der Waals surface area contributed by atoms with E-state index < -0.39 is 0 Å². The Labute approximate surface area is 90.6 Å². The molecule has 0 radical (unpaired) electrons. The zero-order chi connectivity index (χ0) is 11.4. The minimum Gasteiger partial charge on any atom is -0.271 e. The van der Waals surface area contributed by atoms with Crippen molar-refractivity contribution >= 4 is 0 Å². The van der Waals surface area contributed by atoms with Gasteiger partial charge in [-0.25, -0.2) is 4.39 Å². The Kier molecular flexibility index (Phi) is 4.24. The van der Waals surface area contributed by atoms with Gasteiger partial charge in [0.05, 0.1) is 0 Å². The predicted molar refractivity (Wildman–Crippen MR) is 60.7 cm³/mol. The first-order valence-electron chi connectivity index (χ1n) is 5.27. The van der Waals surface area contributed by atoms with E-state index in [1.807, 2.05) is 6.07 Å². The van der Waals surface area contributed by atoms with Gasteiger partial charge in [-0.1, -0.05) is 32.0 Å². The van der Waals surface area contributed by atoms with Gasteiger partial charge in [-0.3, -0.25) is 11.3 Å². The van der Waals surface area contributed by atoms with Crippen LogP contribution in [0, 0.1) is 18.7 Å². The average molecular weight is 210 g/mol. The first-order chi connectivity index (χ1) is 7.06. The number of nitrogens with one attached hydrogen (secondary N) is 1. The Morgan fingerprint density at radius 3 is 2.60 bits per heavy atom. The lowest BCUT2D eigenvalue weighted by molar-refractivity contribution is 0.422. The first-order valence-corrected chi connectivity index (χ1v) is 5.27. The second-order valence-corrected chi connectivity index (χ2v) is 4.33. The summed E-state index contributed by atoms with van der Waals surface area (Å²) in [5.74, 6) is 5.78. The van der Waals surface area contributed by atoms with Crippen LogP contribution in [0.4, 0.5) is 4.39 Å². The van der Waals surface area contributed by atoms with E-state index in [0.29, 0.717) is 17.0 Å². The monoisotopic (exact) mass is 210 g/mol. The van der Waals surface area contributed by atoms with E-state index in [1.165, 1.54) is 0 Å². The van der Waals surface area contributed by atoms with E-state index in [-0.39, 0.29) is 11.9 Å². The molecule has 0 aliphatic rings. The summed E-state index contributed by atoms with van der Waals surface area (Å²) in [4.78, 5) is 0. The molecule has 0 bridgehead atoms. The summed E-state index contributed by atoms with van der Waals surface area (Å²) in [5.41, 5.74) is 4.00. The molecule has 3 heteroatoms. The van der Waals surface area contributed by atoms with Crippen LogP contribution in [0.3, 0.4) is 0 Å². The van der Waals surface area contributed by atoms with E-state index in [1.54, 1.807) is 19.1 Å². The molecule has 0 saturated carbocycles. The van der Waals surface area contributed by atoms with Crippen LogP contribution in [0.25, 0.3) is 0 Å². The molecular formula is C12H19FN2. The van der Waals surface area contributed by atoms with Crippen LogP contribution in [0.5, 0.6) is 0 Å². The van der Waals surface area contributed by atoms with Crippen molar-refractivity contribution in [2.45, 2.75) is 33.2 Å². The van der Waals surface area contributed by atoms with E-state index in [0.717, 1.165) is 6.42 Å². The summed E-state index contributed by atoms with van der Waals surface area (Å²) < 4.78 is 13.8. The number of hydrogen-bond donors (Lipinski definition) is 2. The summed E-state index contributed by atoms with van der Waals surface area (Å²) in [7, 11) is 0. The fourth-order valence-corrected chi connectivity index (χ4v) is 1.70. The highest BCUT2D eigenvalue weighted by Crippen LogP contribution is 2.24. The molecule has 1 unspecified atom stereocenters. The van der Waals surface area contributed by atoms with E-state index in [9.17, 15) is 4.39 Å². The fourth-order valence-electron chi connectivity index (χ4n) is 1.70. The molecule has 0 heterocycles. The van der Waals surface area contributed by atoms with Crippen LogP contribution in [-0.4, -0.2) is 0 Å². The Morgan fingerprint density at radius 2 is 2.07 bits per heavy atom. The lowest BCUT2D eigenvalue weighted by Gasteiger charge is -2.19. The lowest BCUT2D eigenvalue weighted by Crippen LogP contribution is -2.29. The van der Waals surface area contributed by atoms with Crippen molar-refractivity contribution in [3.8, 4) is 0 Å². The molecule has 1 aromatic rings. The van der Waals surface area contributed by atoms with Crippen LogP contribution in [0.2, 0.25) is 0 Å². The summed E-state index contributed by atoms with van der Waals surface area (Å²) in [6.45, 7) is 5.96. The summed E-state index contributed by atoms with van der Waals surface area (Å²) in [6.07, 6.45) is 0.830. The fraction of sp³-hybridized carbons (Fsp3) is 0.500. The van der Waals surface area contributed by atoms with Crippen LogP contribution in [0.1, 0.15) is 37.4 Å². The number of benzene rings is 1. The van der Waals surface area contributed by atoms with Crippen LogP contribution in [-0.2, 0) is 0 Å². The maximum absolute atomic E-state index is 13.8. The number of rotatable bonds is 4. The minimum absolute atomic E-state index is 0.107. The summed E-state index contributed by atoms with van der Waals surface area (Å²) >= 11 is 0. The second kappa shape index (κ2) is 5.24. The molecule has 1 aromatic carbocycles. The SMILES string of the molecule is Cc1cccc(C(CC(C)C)NN)c1F. The van der Waals surface area contributed by atoms with Gasteiger partial charge in [0, 0.05) is 11.6 Å². The van der Waals surface area contributed by atoms with Crippen molar-refractivity contribution in [1.82, 2.24) is 5.43 Å². The Morgan fingerprint density at radius 1 is 1.40 bits per heavy atom. The topological polar surface area (TPSA) is 38.0 Å². The molecule has 0 saturated heterocycles. The van der Waals surface area contributed by atoms with Gasteiger partial charge >= 0.3 is 0 Å². The van der Waals surface area contributed by atoms with Crippen molar-refractivity contribution in [3.05, 3.63) is 35.1 Å². The van der Waals surface area contributed by atoms with E-state index in [4.69, 9.17) is 5.84 Å². The molecule has 0 spiro atoms. The molecule has 0 aromatic heterocycles. The molecule has 1 atom stereocenters. The maximum atomic E-state index is 13.8. The standard InChI is InChI=1S/C12H19FN2/c1-8(2)7-11(15-14)10-6-4-5-9(3)12(10)13/h4-6,8,11,15H,7,14H2,1-3H3. The molecule has 1 rings (SSSR count). The van der Waals surface area contributed by atoms with Gasteiger partial charge in [0.15, 0.2) is 0 Å². The number of nitrogens with two attached hydrogens (primary N) is 1. The van der Waals surface area contributed by atoms with Gasteiger partial charge < -0.3 is 0 Å². The smallest absolute Gasteiger partial charge is 0.130 e. The molecule has 2 nitrogen and oxygen atoms in total. The molecule has 0 aliphatic carbocycles. The van der Waals surface area contributed by atoms with Gasteiger partial charge in [-0.2, -0.15) is 0 Å². The largest absolute Gasteiger partial charge is 0.271 e. The third-order valence-corrected chi connectivity index (χ3v) is 2.51. The Hall–Kier alpha value is -0.930. The van der Waals surface area contributed by atoms with Gasteiger partial charge in [0.25, 0.3) is 0 Å². The third kappa shape index (κ3) is 3.01. The predicted octanol–water partition coefficient (Wildman–Crippen LogP) is 2.68. The third-order valence-electron chi connectivity index (χ3n) is 2.51. The van der Waals surface area contributed by atoms with Gasteiger partial charge in [0.2, 0.25) is 0 Å². The number of hydrogen-bond acceptors (Lipinski definition) is 2. The molecule has 0 aliphatic heterocycles. The van der Waals surface area contributed by atoms with Crippen molar-refractivity contribution < 1.29 is 4.39 Å². The highest BCUT2D eigenvalue weighted by Gasteiger charge is 2.16. The van der Waals surface area contributed by atoms with E-state index >= 15 is 0 Å². The first kappa shape index (κ1) is 12.1. The highest BCUT2D eigenvalue weighted by atomic mass is 19.1.